The van der Waals surface area contributed by atoms with Gasteiger partial charge >= 0.3 is 5.97 Å². The Morgan fingerprint density at radius 3 is 2.76 bits per heavy atom. The second-order valence-corrected chi connectivity index (χ2v) is 4.30. The number of rotatable bonds is 5. The Morgan fingerprint density at radius 1 is 1.65 bits per heavy atom. The smallest absolute Gasteiger partial charge is 0.306 e. The van der Waals surface area contributed by atoms with Crippen LogP contribution in [0.4, 0.5) is 0 Å². The zero-order valence-corrected chi connectivity index (χ0v) is 10.9. The number of aromatic nitrogens is 2. The molecule has 2 N–H and O–H groups in total. The fourth-order valence-corrected chi connectivity index (χ4v) is 1.98. The van der Waals surface area contributed by atoms with Gasteiger partial charge in [-0.25, -0.2) is 0 Å². The van der Waals surface area contributed by atoms with Gasteiger partial charge in [0.05, 0.1) is 19.2 Å². The van der Waals surface area contributed by atoms with Gasteiger partial charge in [0.1, 0.15) is 0 Å². The van der Waals surface area contributed by atoms with E-state index in [4.69, 9.17) is 10.5 Å². The minimum atomic E-state index is -0.238. The van der Waals surface area contributed by atoms with Crippen molar-refractivity contribution >= 4 is 5.97 Å². The molecule has 0 saturated heterocycles. The summed E-state index contributed by atoms with van der Waals surface area (Å²) in [5.41, 5.74) is 8.01. The summed E-state index contributed by atoms with van der Waals surface area (Å²) in [4.78, 5) is 11.4. The van der Waals surface area contributed by atoms with E-state index in [2.05, 4.69) is 5.10 Å². The molecule has 0 aliphatic heterocycles. The Balaban J connectivity index is 3.00. The number of ether oxygens (including phenoxy) is 1. The Labute approximate surface area is 102 Å². The Kier molecular flexibility index (Phi) is 4.69. The van der Waals surface area contributed by atoms with Gasteiger partial charge in [-0.1, -0.05) is 6.92 Å². The molecule has 5 heteroatoms. The topological polar surface area (TPSA) is 70.1 Å². The van der Waals surface area contributed by atoms with Crippen LogP contribution < -0.4 is 5.73 Å². The summed E-state index contributed by atoms with van der Waals surface area (Å²) in [7, 11) is 3.27. The molecule has 2 atom stereocenters. The van der Waals surface area contributed by atoms with Crippen LogP contribution >= 0.6 is 0 Å². The summed E-state index contributed by atoms with van der Waals surface area (Å²) in [6, 6.07) is -0.108. The number of carbonyl (C=O) groups is 1. The van der Waals surface area contributed by atoms with E-state index in [0.29, 0.717) is 6.42 Å². The van der Waals surface area contributed by atoms with E-state index in [1.807, 2.05) is 27.1 Å². The molecule has 0 amide bonds. The Hall–Kier alpha value is -1.36. The van der Waals surface area contributed by atoms with Crippen molar-refractivity contribution in [3.63, 3.8) is 0 Å². The van der Waals surface area contributed by atoms with E-state index in [1.165, 1.54) is 7.11 Å². The van der Waals surface area contributed by atoms with E-state index in [1.54, 1.807) is 4.68 Å². The van der Waals surface area contributed by atoms with Crippen molar-refractivity contribution in [1.29, 1.82) is 0 Å². The van der Waals surface area contributed by atoms with Crippen LogP contribution in [-0.2, 0) is 23.0 Å². The number of methoxy groups -OCH3 is 1. The quantitative estimate of drug-likeness (QED) is 0.777. The SMILES string of the molecule is CCc1nn(C)cc1C(CC(=O)OC)C(C)N. The maximum absolute atomic E-state index is 11.4. The second kappa shape index (κ2) is 5.82. The number of hydrogen-bond acceptors (Lipinski definition) is 4. The molecule has 0 radical (unpaired) electrons. The van der Waals surface area contributed by atoms with Crippen LogP contribution in [0.3, 0.4) is 0 Å². The molecule has 1 rings (SSSR count). The van der Waals surface area contributed by atoms with Gasteiger partial charge in [-0.3, -0.25) is 9.48 Å². The fourth-order valence-electron chi connectivity index (χ4n) is 1.98. The number of aryl methyl sites for hydroxylation is 2. The van der Waals surface area contributed by atoms with Gasteiger partial charge in [0.2, 0.25) is 0 Å². The minimum Gasteiger partial charge on any atom is -0.469 e. The first-order chi connectivity index (χ1) is 7.99. The van der Waals surface area contributed by atoms with Gasteiger partial charge in [0, 0.05) is 25.2 Å². The lowest BCUT2D eigenvalue weighted by Gasteiger charge is -2.19. The standard InChI is InChI=1S/C12H21N3O2/c1-5-11-10(7-15(3)14-11)9(8(2)13)6-12(16)17-4/h7-9H,5-6,13H2,1-4H3. The van der Waals surface area contributed by atoms with E-state index >= 15 is 0 Å². The molecule has 0 aromatic carbocycles. The summed E-state index contributed by atoms with van der Waals surface area (Å²) in [6.45, 7) is 3.95. The van der Waals surface area contributed by atoms with Crippen LogP contribution in [0, 0.1) is 0 Å². The van der Waals surface area contributed by atoms with Crippen molar-refractivity contribution in [1.82, 2.24) is 9.78 Å². The molecule has 1 aromatic heterocycles. The molecule has 1 heterocycles. The summed E-state index contributed by atoms with van der Waals surface area (Å²) in [5, 5.41) is 4.37. The normalized spacial score (nSPS) is 14.4. The highest BCUT2D eigenvalue weighted by atomic mass is 16.5. The number of carbonyl (C=O) groups excluding carboxylic acids is 1. The van der Waals surface area contributed by atoms with E-state index in [-0.39, 0.29) is 17.9 Å². The highest BCUT2D eigenvalue weighted by molar-refractivity contribution is 5.70. The maximum Gasteiger partial charge on any atom is 0.306 e. The Bertz CT molecular complexity index is 385. The lowest BCUT2D eigenvalue weighted by Crippen LogP contribution is -2.27. The lowest BCUT2D eigenvalue weighted by atomic mass is 9.89. The third kappa shape index (κ3) is 3.30. The second-order valence-electron chi connectivity index (χ2n) is 4.30. The van der Waals surface area contributed by atoms with Crippen molar-refractivity contribution in [2.24, 2.45) is 12.8 Å². The molecule has 17 heavy (non-hydrogen) atoms. The predicted octanol–water partition coefficient (Wildman–Crippen LogP) is 0.976. The summed E-state index contributed by atoms with van der Waals surface area (Å²) >= 11 is 0. The van der Waals surface area contributed by atoms with Gasteiger partial charge in [-0.2, -0.15) is 5.10 Å². The molecule has 0 saturated carbocycles. The van der Waals surface area contributed by atoms with E-state index < -0.39 is 0 Å². The lowest BCUT2D eigenvalue weighted by molar-refractivity contribution is -0.141. The van der Waals surface area contributed by atoms with Crippen LogP contribution in [0.2, 0.25) is 0 Å². The number of esters is 1. The molecule has 1 aromatic rings. The molecular weight excluding hydrogens is 218 g/mol. The molecule has 2 unspecified atom stereocenters. The zero-order chi connectivity index (χ0) is 13.0. The van der Waals surface area contributed by atoms with Crippen LogP contribution in [0.25, 0.3) is 0 Å². The average molecular weight is 239 g/mol. The third-order valence-electron chi connectivity index (χ3n) is 2.92. The van der Waals surface area contributed by atoms with Crippen molar-refractivity contribution < 1.29 is 9.53 Å². The molecule has 0 fully saturated rings. The van der Waals surface area contributed by atoms with Crippen molar-refractivity contribution in [2.75, 3.05) is 7.11 Å². The molecule has 0 aliphatic carbocycles. The number of hydrogen-bond donors (Lipinski definition) is 1. The predicted molar refractivity (Wildman–Crippen MR) is 65.6 cm³/mol. The monoisotopic (exact) mass is 239 g/mol. The maximum atomic E-state index is 11.4. The minimum absolute atomic E-state index is 0.0360. The highest BCUT2D eigenvalue weighted by Gasteiger charge is 2.24. The fraction of sp³-hybridized carbons (Fsp3) is 0.667. The number of nitrogens with zero attached hydrogens (tertiary/aromatic N) is 2. The average Bonchev–Trinajstić information content (AvgIpc) is 2.66. The van der Waals surface area contributed by atoms with Crippen molar-refractivity contribution in [2.45, 2.75) is 38.6 Å². The summed E-state index contributed by atoms with van der Waals surface area (Å²) in [5.74, 6) is -0.274. The molecular formula is C12H21N3O2. The van der Waals surface area contributed by atoms with Gasteiger partial charge in [0.15, 0.2) is 0 Å². The Morgan fingerprint density at radius 2 is 2.29 bits per heavy atom. The molecule has 96 valence electrons. The summed E-state index contributed by atoms with van der Waals surface area (Å²) in [6.07, 6.45) is 3.07. The van der Waals surface area contributed by atoms with E-state index in [9.17, 15) is 4.79 Å². The molecule has 0 aliphatic rings. The first kappa shape index (κ1) is 13.7. The van der Waals surface area contributed by atoms with Gasteiger partial charge in [-0.05, 0) is 18.9 Å². The van der Waals surface area contributed by atoms with Gasteiger partial charge in [0.25, 0.3) is 0 Å². The first-order valence-electron chi connectivity index (χ1n) is 5.84. The van der Waals surface area contributed by atoms with E-state index in [0.717, 1.165) is 17.7 Å². The molecule has 0 spiro atoms. The van der Waals surface area contributed by atoms with Crippen LogP contribution in [-0.4, -0.2) is 28.9 Å². The van der Waals surface area contributed by atoms with Gasteiger partial charge in [-0.15, -0.1) is 0 Å². The molecule has 0 bridgehead atoms. The van der Waals surface area contributed by atoms with Crippen LogP contribution in [0.1, 0.15) is 37.4 Å². The van der Waals surface area contributed by atoms with Crippen LogP contribution in [0.5, 0.6) is 0 Å². The van der Waals surface area contributed by atoms with Crippen molar-refractivity contribution in [3.8, 4) is 0 Å². The number of nitrogens with two attached hydrogens (primary N) is 1. The zero-order valence-electron chi connectivity index (χ0n) is 10.9. The molecule has 5 nitrogen and oxygen atoms in total. The van der Waals surface area contributed by atoms with Gasteiger partial charge < -0.3 is 10.5 Å². The van der Waals surface area contributed by atoms with Crippen molar-refractivity contribution in [3.05, 3.63) is 17.5 Å². The first-order valence-corrected chi connectivity index (χ1v) is 5.84. The third-order valence-corrected chi connectivity index (χ3v) is 2.92. The van der Waals surface area contributed by atoms with Crippen LogP contribution in [0.15, 0.2) is 6.20 Å². The largest absolute Gasteiger partial charge is 0.469 e. The highest BCUT2D eigenvalue weighted by Crippen LogP contribution is 2.26. The summed E-state index contributed by atoms with van der Waals surface area (Å²) < 4.78 is 6.48.